The third-order valence-corrected chi connectivity index (χ3v) is 6.15. The molecule has 3 aromatic rings. The summed E-state index contributed by atoms with van der Waals surface area (Å²) >= 11 is 6.05. The number of nitrogens with zero attached hydrogens (tertiary/aromatic N) is 4. The monoisotopic (exact) mass is 413 g/mol. The average Bonchev–Trinajstić information content (AvgIpc) is 3.14. The highest BCUT2D eigenvalue weighted by Gasteiger charge is 2.54. The molecule has 0 bridgehead atoms. The van der Waals surface area contributed by atoms with E-state index in [1.54, 1.807) is 6.07 Å². The molecule has 0 saturated carbocycles. The Bertz CT molecular complexity index is 1090. The highest BCUT2D eigenvalue weighted by Crippen LogP contribution is 2.44. The number of halogens is 2. The number of amides is 1. The van der Waals surface area contributed by atoms with E-state index in [9.17, 15) is 9.18 Å². The quantitative estimate of drug-likeness (QED) is 0.498. The molecule has 29 heavy (non-hydrogen) atoms. The fourth-order valence-electron chi connectivity index (χ4n) is 4.38. The van der Waals surface area contributed by atoms with Crippen molar-refractivity contribution in [3.63, 3.8) is 0 Å². The molecular formula is C21H21ClFN5O. The first-order valence-corrected chi connectivity index (χ1v) is 10.2. The fraction of sp³-hybridized carbons (Fsp3) is 0.381. The van der Waals surface area contributed by atoms with Gasteiger partial charge in [-0.3, -0.25) is 9.18 Å². The predicted molar refractivity (Wildman–Crippen MR) is 110 cm³/mol. The van der Waals surface area contributed by atoms with Crippen molar-refractivity contribution in [3.8, 4) is 0 Å². The minimum absolute atomic E-state index is 0.103. The minimum atomic E-state index is -0.469. The number of hydrogen-bond acceptors (Lipinski definition) is 4. The van der Waals surface area contributed by atoms with Gasteiger partial charge in [0.15, 0.2) is 5.65 Å². The lowest BCUT2D eigenvalue weighted by Crippen LogP contribution is -2.61. The SMILES string of the molecule is O=C1N(Cc2nc3nc(Cl)ccc3n2CCCCF)c2ccccc2C12CNC2. The van der Waals surface area contributed by atoms with Crippen molar-refractivity contribution in [1.82, 2.24) is 19.9 Å². The molecule has 150 valence electrons. The molecule has 2 aliphatic rings. The van der Waals surface area contributed by atoms with Gasteiger partial charge in [0.25, 0.3) is 0 Å². The molecule has 0 radical (unpaired) electrons. The third-order valence-electron chi connectivity index (χ3n) is 5.94. The lowest BCUT2D eigenvalue weighted by atomic mass is 9.76. The summed E-state index contributed by atoms with van der Waals surface area (Å²) in [5, 5.41) is 3.62. The van der Waals surface area contributed by atoms with E-state index in [0.717, 1.165) is 22.6 Å². The molecule has 4 heterocycles. The number of nitrogens with one attached hydrogen (secondary N) is 1. The molecule has 1 amide bonds. The van der Waals surface area contributed by atoms with E-state index in [-0.39, 0.29) is 12.6 Å². The molecule has 0 aliphatic carbocycles. The van der Waals surface area contributed by atoms with E-state index in [0.29, 0.717) is 49.8 Å². The van der Waals surface area contributed by atoms with Crippen molar-refractivity contribution < 1.29 is 9.18 Å². The van der Waals surface area contributed by atoms with E-state index in [1.165, 1.54) is 0 Å². The minimum Gasteiger partial charge on any atom is -0.325 e. The van der Waals surface area contributed by atoms with Crippen molar-refractivity contribution in [2.45, 2.75) is 31.3 Å². The van der Waals surface area contributed by atoms with Gasteiger partial charge in [0.05, 0.1) is 18.7 Å². The van der Waals surface area contributed by atoms with Crippen LogP contribution in [-0.2, 0) is 23.3 Å². The van der Waals surface area contributed by atoms with Gasteiger partial charge in [-0.25, -0.2) is 9.97 Å². The number of aromatic nitrogens is 3. The molecular weight excluding hydrogens is 393 g/mol. The molecule has 2 aromatic heterocycles. The Morgan fingerprint density at radius 1 is 1.14 bits per heavy atom. The summed E-state index contributed by atoms with van der Waals surface area (Å²) in [7, 11) is 0. The standard InChI is InChI=1S/C21H21ClFN5O/c22-17-8-7-16-19(25-17)26-18(27(16)10-4-3-9-23)11-28-15-6-2-1-5-14(15)21(20(28)29)12-24-13-21/h1-2,5-8,24H,3-4,9-13H2. The summed E-state index contributed by atoms with van der Waals surface area (Å²) in [4.78, 5) is 24.2. The van der Waals surface area contributed by atoms with E-state index in [4.69, 9.17) is 11.6 Å². The lowest BCUT2D eigenvalue weighted by Gasteiger charge is -2.38. The number of fused-ring (bicyclic) bond motifs is 3. The fourth-order valence-corrected chi connectivity index (χ4v) is 4.52. The molecule has 1 saturated heterocycles. The second-order valence-corrected chi connectivity index (χ2v) is 8.03. The number of benzene rings is 1. The molecule has 8 heteroatoms. The van der Waals surface area contributed by atoms with Crippen molar-refractivity contribution >= 4 is 34.4 Å². The molecule has 1 fully saturated rings. The molecule has 5 rings (SSSR count). The van der Waals surface area contributed by atoms with Crippen LogP contribution in [0.4, 0.5) is 10.1 Å². The first-order valence-electron chi connectivity index (χ1n) is 9.84. The molecule has 0 unspecified atom stereocenters. The zero-order valence-electron chi connectivity index (χ0n) is 15.9. The number of unbranched alkanes of at least 4 members (excludes halogenated alkanes) is 1. The smallest absolute Gasteiger partial charge is 0.240 e. The second-order valence-electron chi connectivity index (χ2n) is 7.65. The van der Waals surface area contributed by atoms with E-state index in [1.807, 2.05) is 39.8 Å². The Morgan fingerprint density at radius 2 is 1.97 bits per heavy atom. The van der Waals surface area contributed by atoms with Crippen LogP contribution in [0.3, 0.4) is 0 Å². The maximum absolute atomic E-state index is 13.4. The summed E-state index contributed by atoms with van der Waals surface area (Å²) in [6, 6.07) is 11.6. The molecule has 6 nitrogen and oxygen atoms in total. The summed E-state index contributed by atoms with van der Waals surface area (Å²) in [6.45, 7) is 1.93. The highest BCUT2D eigenvalue weighted by atomic mass is 35.5. The normalized spacial score (nSPS) is 17.2. The van der Waals surface area contributed by atoms with Gasteiger partial charge < -0.3 is 14.8 Å². The zero-order chi connectivity index (χ0) is 20.0. The largest absolute Gasteiger partial charge is 0.325 e. The predicted octanol–water partition coefficient (Wildman–Crippen LogP) is 3.22. The maximum Gasteiger partial charge on any atom is 0.240 e. The van der Waals surface area contributed by atoms with Gasteiger partial charge in [0, 0.05) is 25.3 Å². The Balaban J connectivity index is 1.55. The summed E-state index contributed by atoms with van der Waals surface area (Å²) in [6.07, 6.45) is 1.18. The highest BCUT2D eigenvalue weighted by molar-refractivity contribution is 6.29. The van der Waals surface area contributed by atoms with Crippen molar-refractivity contribution in [2.75, 3.05) is 24.7 Å². The van der Waals surface area contributed by atoms with E-state index in [2.05, 4.69) is 15.3 Å². The number of pyridine rings is 1. The lowest BCUT2D eigenvalue weighted by molar-refractivity contribution is -0.125. The third kappa shape index (κ3) is 2.83. The van der Waals surface area contributed by atoms with Crippen LogP contribution in [-0.4, -0.2) is 40.2 Å². The van der Waals surface area contributed by atoms with Gasteiger partial charge in [-0.1, -0.05) is 29.8 Å². The van der Waals surface area contributed by atoms with Gasteiger partial charge in [0.1, 0.15) is 16.4 Å². The van der Waals surface area contributed by atoms with Gasteiger partial charge in [-0.05, 0) is 36.6 Å². The number of alkyl halides is 1. The zero-order valence-corrected chi connectivity index (χ0v) is 16.6. The number of carbonyl (C=O) groups excluding carboxylic acids is 1. The maximum atomic E-state index is 13.4. The first kappa shape index (κ1) is 18.5. The van der Waals surface area contributed by atoms with Crippen molar-refractivity contribution in [2.24, 2.45) is 0 Å². The van der Waals surface area contributed by atoms with Crippen LogP contribution in [0.5, 0.6) is 0 Å². The number of para-hydroxylation sites is 1. The average molecular weight is 414 g/mol. The number of imidazole rings is 1. The molecule has 1 aromatic carbocycles. The summed E-state index contributed by atoms with van der Waals surface area (Å²) in [5.41, 5.74) is 2.94. The summed E-state index contributed by atoms with van der Waals surface area (Å²) in [5.74, 6) is 0.840. The van der Waals surface area contributed by atoms with Gasteiger partial charge in [0.2, 0.25) is 5.91 Å². The number of carbonyl (C=O) groups is 1. The van der Waals surface area contributed by atoms with Crippen LogP contribution in [0, 0.1) is 0 Å². The van der Waals surface area contributed by atoms with Crippen LogP contribution < -0.4 is 10.2 Å². The first-order chi connectivity index (χ1) is 14.1. The van der Waals surface area contributed by atoms with Crippen molar-refractivity contribution in [3.05, 3.63) is 52.9 Å². The molecule has 1 N–H and O–H groups in total. The van der Waals surface area contributed by atoms with Crippen molar-refractivity contribution in [1.29, 1.82) is 0 Å². The van der Waals surface area contributed by atoms with Gasteiger partial charge in [-0.2, -0.15) is 0 Å². The molecule has 0 atom stereocenters. The number of aryl methyl sites for hydroxylation is 1. The second kappa shape index (κ2) is 7.07. The Morgan fingerprint density at radius 3 is 2.72 bits per heavy atom. The number of rotatable bonds is 6. The molecule has 1 spiro atoms. The number of hydrogen-bond donors (Lipinski definition) is 1. The van der Waals surface area contributed by atoms with E-state index >= 15 is 0 Å². The van der Waals surface area contributed by atoms with Gasteiger partial charge in [-0.15, -0.1) is 0 Å². The van der Waals surface area contributed by atoms with Crippen LogP contribution in [0.2, 0.25) is 5.15 Å². The van der Waals surface area contributed by atoms with Gasteiger partial charge >= 0.3 is 0 Å². The number of anilines is 1. The van der Waals surface area contributed by atoms with Crippen LogP contribution >= 0.6 is 11.6 Å². The topological polar surface area (TPSA) is 63.1 Å². The Labute approximate surface area is 172 Å². The Hall–Kier alpha value is -2.51. The summed E-state index contributed by atoms with van der Waals surface area (Å²) < 4.78 is 14.7. The van der Waals surface area contributed by atoms with E-state index < -0.39 is 5.41 Å². The van der Waals surface area contributed by atoms with Crippen LogP contribution in [0.1, 0.15) is 24.2 Å². The van der Waals surface area contributed by atoms with Crippen LogP contribution in [0.15, 0.2) is 36.4 Å². The Kier molecular flexibility index (Phi) is 4.52. The molecule has 2 aliphatic heterocycles. The van der Waals surface area contributed by atoms with Crippen LogP contribution in [0.25, 0.3) is 11.2 Å².